The smallest absolute Gasteiger partial charge is 0.337 e. The molecule has 0 spiro atoms. The molecule has 1 saturated heterocycles. The molecule has 2 aromatic rings. The number of carbonyl (C=O) groups is 2. The third-order valence-corrected chi connectivity index (χ3v) is 4.78. The van der Waals surface area contributed by atoms with Crippen LogP contribution in [0.2, 0.25) is 0 Å². The number of ether oxygens (including phenoxy) is 1. The summed E-state index contributed by atoms with van der Waals surface area (Å²) in [7, 11) is 1.34. The van der Waals surface area contributed by atoms with E-state index in [9.17, 15) is 14.0 Å². The molecule has 3 rings (SSSR count). The van der Waals surface area contributed by atoms with Crippen LogP contribution in [0.3, 0.4) is 0 Å². The molecule has 1 amide bonds. The molecule has 1 N–H and O–H groups in total. The molecular weight excluding hydrogens is 361 g/mol. The van der Waals surface area contributed by atoms with Crippen LogP contribution in [0, 0.1) is 5.82 Å². The summed E-state index contributed by atoms with van der Waals surface area (Å²) in [5, 5.41) is 3.16. The second-order valence-corrected chi connectivity index (χ2v) is 6.57. The number of halogens is 1. The average molecular weight is 385 g/mol. The third-order valence-electron chi connectivity index (χ3n) is 4.78. The minimum Gasteiger partial charge on any atom is -0.465 e. The molecule has 0 saturated carbocycles. The number of hydrogen-bond acceptors (Lipinski definition) is 5. The molecule has 0 radical (unpaired) electrons. The fourth-order valence-corrected chi connectivity index (χ4v) is 3.25. The van der Waals surface area contributed by atoms with Gasteiger partial charge < -0.3 is 19.9 Å². The summed E-state index contributed by atoms with van der Waals surface area (Å²) < 4.78 is 18.6. The zero-order chi connectivity index (χ0) is 19.9. The number of nitrogens with one attached hydrogen (secondary N) is 1. The van der Waals surface area contributed by atoms with Crippen molar-refractivity contribution < 1.29 is 18.7 Å². The molecule has 1 heterocycles. The van der Waals surface area contributed by atoms with Gasteiger partial charge in [-0.3, -0.25) is 4.79 Å². The van der Waals surface area contributed by atoms with Crippen molar-refractivity contribution in [1.29, 1.82) is 0 Å². The van der Waals surface area contributed by atoms with Gasteiger partial charge in [0.2, 0.25) is 5.91 Å². The summed E-state index contributed by atoms with van der Waals surface area (Å²) >= 11 is 0. The number of benzene rings is 2. The number of methoxy groups -OCH3 is 1. The number of amides is 1. The van der Waals surface area contributed by atoms with Crippen LogP contribution in [-0.4, -0.2) is 56.6 Å². The molecule has 148 valence electrons. The standard InChI is InChI=1S/C21H24FN3O3/c1-28-21(27)16-5-4-6-17(15-16)23-10-9-20(26)25-13-11-24(12-14-25)19-8-3-2-7-18(19)22/h2-8,15,23H,9-14H2,1H3. The number of carbonyl (C=O) groups excluding carboxylic acids is 2. The zero-order valence-electron chi connectivity index (χ0n) is 15.9. The van der Waals surface area contributed by atoms with E-state index in [1.54, 1.807) is 30.3 Å². The Labute approximate surface area is 163 Å². The van der Waals surface area contributed by atoms with Crippen molar-refractivity contribution in [2.45, 2.75) is 6.42 Å². The average Bonchev–Trinajstić information content (AvgIpc) is 2.74. The van der Waals surface area contributed by atoms with Crippen molar-refractivity contribution in [3.05, 3.63) is 59.9 Å². The first-order chi connectivity index (χ1) is 13.6. The van der Waals surface area contributed by atoms with Crippen LogP contribution >= 0.6 is 0 Å². The largest absolute Gasteiger partial charge is 0.465 e. The van der Waals surface area contributed by atoms with Crippen LogP contribution in [0.15, 0.2) is 48.5 Å². The Balaban J connectivity index is 1.45. The number of rotatable bonds is 6. The molecule has 6 nitrogen and oxygen atoms in total. The Bertz CT molecular complexity index is 835. The van der Waals surface area contributed by atoms with Gasteiger partial charge in [0.1, 0.15) is 5.82 Å². The monoisotopic (exact) mass is 385 g/mol. The molecule has 2 aromatic carbocycles. The van der Waals surface area contributed by atoms with E-state index in [2.05, 4.69) is 5.32 Å². The van der Waals surface area contributed by atoms with Crippen LogP contribution < -0.4 is 10.2 Å². The van der Waals surface area contributed by atoms with Crippen molar-refractivity contribution in [2.24, 2.45) is 0 Å². The minimum absolute atomic E-state index is 0.0600. The SMILES string of the molecule is COC(=O)c1cccc(NCCC(=O)N2CCN(c3ccccc3F)CC2)c1. The first kappa shape index (κ1) is 19.7. The van der Waals surface area contributed by atoms with Crippen molar-refractivity contribution in [1.82, 2.24) is 4.90 Å². The highest BCUT2D eigenvalue weighted by Crippen LogP contribution is 2.20. The Kier molecular flexibility index (Phi) is 6.47. The maximum atomic E-state index is 13.9. The molecule has 1 aliphatic heterocycles. The Morgan fingerprint density at radius 2 is 1.82 bits per heavy atom. The van der Waals surface area contributed by atoms with Gasteiger partial charge in [0, 0.05) is 44.8 Å². The molecule has 0 bridgehead atoms. The molecule has 1 aliphatic rings. The second kappa shape index (κ2) is 9.21. The van der Waals surface area contributed by atoms with E-state index in [0.717, 1.165) is 5.69 Å². The predicted octanol–water partition coefficient (Wildman–Crippen LogP) is 2.76. The van der Waals surface area contributed by atoms with E-state index in [1.165, 1.54) is 13.2 Å². The number of anilines is 2. The van der Waals surface area contributed by atoms with Gasteiger partial charge >= 0.3 is 5.97 Å². The zero-order valence-corrected chi connectivity index (χ0v) is 15.9. The van der Waals surface area contributed by atoms with Gasteiger partial charge in [-0.05, 0) is 30.3 Å². The molecule has 0 atom stereocenters. The lowest BCUT2D eigenvalue weighted by molar-refractivity contribution is -0.131. The van der Waals surface area contributed by atoms with E-state index in [4.69, 9.17) is 4.74 Å². The highest BCUT2D eigenvalue weighted by atomic mass is 19.1. The molecule has 1 fully saturated rings. The molecule has 0 unspecified atom stereocenters. The van der Waals surface area contributed by atoms with Gasteiger partial charge in [-0.1, -0.05) is 18.2 Å². The van der Waals surface area contributed by atoms with E-state index in [0.29, 0.717) is 50.4 Å². The van der Waals surface area contributed by atoms with Crippen molar-refractivity contribution in [3.8, 4) is 0 Å². The summed E-state index contributed by atoms with van der Waals surface area (Å²) in [4.78, 5) is 27.8. The number of para-hydroxylation sites is 1. The number of piperazine rings is 1. The van der Waals surface area contributed by atoms with E-state index >= 15 is 0 Å². The highest BCUT2D eigenvalue weighted by molar-refractivity contribution is 5.90. The molecule has 0 aliphatic carbocycles. The van der Waals surface area contributed by atoms with Crippen molar-refractivity contribution in [2.75, 3.05) is 50.1 Å². The summed E-state index contributed by atoms with van der Waals surface area (Å²) in [5.74, 6) is -0.571. The summed E-state index contributed by atoms with van der Waals surface area (Å²) in [5.41, 5.74) is 1.81. The number of hydrogen-bond donors (Lipinski definition) is 1. The topological polar surface area (TPSA) is 61.9 Å². The van der Waals surface area contributed by atoms with Crippen molar-refractivity contribution in [3.63, 3.8) is 0 Å². The lowest BCUT2D eigenvalue weighted by Gasteiger charge is -2.36. The molecule has 7 heteroatoms. The van der Waals surface area contributed by atoms with Gasteiger partial charge in [0.15, 0.2) is 0 Å². The van der Waals surface area contributed by atoms with Gasteiger partial charge in [0.25, 0.3) is 0 Å². The quantitative estimate of drug-likeness (QED) is 0.775. The second-order valence-electron chi connectivity index (χ2n) is 6.57. The van der Waals surface area contributed by atoms with Crippen LogP contribution in [0.25, 0.3) is 0 Å². The first-order valence-electron chi connectivity index (χ1n) is 9.28. The van der Waals surface area contributed by atoms with E-state index < -0.39 is 5.97 Å². The van der Waals surface area contributed by atoms with Gasteiger partial charge in [0.05, 0.1) is 18.4 Å². The van der Waals surface area contributed by atoms with E-state index in [1.807, 2.05) is 21.9 Å². The van der Waals surface area contributed by atoms with Crippen LogP contribution in [0.4, 0.5) is 15.8 Å². The summed E-state index contributed by atoms with van der Waals surface area (Å²) in [6.07, 6.45) is 0.349. The summed E-state index contributed by atoms with van der Waals surface area (Å²) in [6.45, 7) is 2.84. The van der Waals surface area contributed by atoms with Gasteiger partial charge in [-0.15, -0.1) is 0 Å². The fourth-order valence-electron chi connectivity index (χ4n) is 3.25. The lowest BCUT2D eigenvalue weighted by atomic mass is 10.2. The molecule has 28 heavy (non-hydrogen) atoms. The Morgan fingerprint density at radius 3 is 2.54 bits per heavy atom. The fraction of sp³-hybridized carbons (Fsp3) is 0.333. The van der Waals surface area contributed by atoms with Crippen LogP contribution in [0.1, 0.15) is 16.8 Å². The number of nitrogens with zero attached hydrogens (tertiary/aromatic N) is 2. The molecule has 0 aromatic heterocycles. The molecular formula is C21H24FN3O3. The van der Waals surface area contributed by atoms with E-state index in [-0.39, 0.29) is 11.7 Å². The van der Waals surface area contributed by atoms with Crippen LogP contribution in [0.5, 0.6) is 0 Å². The van der Waals surface area contributed by atoms with Crippen LogP contribution in [-0.2, 0) is 9.53 Å². The maximum absolute atomic E-state index is 13.9. The maximum Gasteiger partial charge on any atom is 0.337 e. The third kappa shape index (κ3) is 4.79. The van der Waals surface area contributed by atoms with Crippen molar-refractivity contribution >= 4 is 23.3 Å². The lowest BCUT2D eigenvalue weighted by Crippen LogP contribution is -2.49. The normalized spacial score (nSPS) is 13.9. The highest BCUT2D eigenvalue weighted by Gasteiger charge is 2.22. The van der Waals surface area contributed by atoms with Gasteiger partial charge in [-0.25, -0.2) is 9.18 Å². The Morgan fingerprint density at radius 1 is 1.07 bits per heavy atom. The predicted molar refractivity (Wildman–Crippen MR) is 106 cm³/mol. The number of esters is 1. The minimum atomic E-state index is -0.396. The Hall–Kier alpha value is -3.09. The van der Waals surface area contributed by atoms with Gasteiger partial charge in [-0.2, -0.15) is 0 Å². The first-order valence-corrected chi connectivity index (χ1v) is 9.28. The summed E-state index contributed by atoms with van der Waals surface area (Å²) in [6, 6.07) is 13.7.